The van der Waals surface area contributed by atoms with Crippen molar-refractivity contribution in [3.63, 3.8) is 0 Å². The van der Waals surface area contributed by atoms with Gasteiger partial charge in [-0.2, -0.15) is 13.2 Å². The Kier molecular flexibility index (Phi) is 11.3. The zero-order valence-corrected chi connectivity index (χ0v) is 18.2. The SMILES string of the molecule is CCOC(=O)CN(CP(=O)(SCC(C)C)SCC(C)C)C(=O)C(F)(F)F. The van der Waals surface area contributed by atoms with Gasteiger partial charge in [0.05, 0.1) is 12.9 Å². The number of rotatable bonds is 11. The van der Waals surface area contributed by atoms with Gasteiger partial charge in [0, 0.05) is 11.5 Å². The molecule has 11 heteroatoms. The third-order valence-electron chi connectivity index (χ3n) is 2.71. The van der Waals surface area contributed by atoms with Crippen LogP contribution in [0, 0.1) is 11.8 Å². The molecule has 0 aliphatic rings. The summed E-state index contributed by atoms with van der Waals surface area (Å²) < 4.78 is 56.5. The fourth-order valence-corrected chi connectivity index (χ4v) is 9.98. The lowest BCUT2D eigenvalue weighted by Crippen LogP contribution is -2.44. The molecule has 0 spiro atoms. The van der Waals surface area contributed by atoms with Crippen LogP contribution >= 0.6 is 28.3 Å². The topological polar surface area (TPSA) is 63.7 Å². The fourth-order valence-electron chi connectivity index (χ4n) is 1.58. The third kappa shape index (κ3) is 10.7. The van der Waals surface area contributed by atoms with Crippen molar-refractivity contribution < 1.29 is 32.1 Å². The first-order valence-corrected chi connectivity index (χ1v) is 13.3. The molecule has 0 saturated carbocycles. The molecule has 0 aromatic carbocycles. The average Bonchev–Trinajstić information content (AvgIpc) is 2.49. The lowest BCUT2D eigenvalue weighted by Gasteiger charge is -2.27. The zero-order valence-electron chi connectivity index (χ0n) is 15.7. The molecule has 0 aromatic heterocycles. The van der Waals surface area contributed by atoms with Crippen LogP contribution in [0.5, 0.6) is 0 Å². The Morgan fingerprint density at radius 1 is 1.08 bits per heavy atom. The average molecular weight is 437 g/mol. The monoisotopic (exact) mass is 437 g/mol. The molecular weight excluding hydrogens is 410 g/mol. The molecular formula is C15H27F3NO4PS2. The largest absolute Gasteiger partial charge is 0.471 e. The van der Waals surface area contributed by atoms with Crippen LogP contribution in [0.15, 0.2) is 0 Å². The van der Waals surface area contributed by atoms with Crippen LogP contribution in [0.3, 0.4) is 0 Å². The van der Waals surface area contributed by atoms with E-state index in [2.05, 4.69) is 4.74 Å². The van der Waals surface area contributed by atoms with Crippen LogP contribution in [-0.4, -0.2) is 53.9 Å². The third-order valence-corrected chi connectivity index (χ3v) is 11.7. The minimum absolute atomic E-state index is 0.0191. The van der Waals surface area contributed by atoms with E-state index in [-0.39, 0.29) is 18.4 Å². The van der Waals surface area contributed by atoms with E-state index >= 15 is 0 Å². The van der Waals surface area contributed by atoms with Gasteiger partial charge in [0.15, 0.2) is 0 Å². The van der Waals surface area contributed by atoms with Crippen LogP contribution in [0.2, 0.25) is 0 Å². The van der Waals surface area contributed by atoms with Crippen LogP contribution in [0.25, 0.3) is 0 Å². The number of esters is 1. The molecule has 0 rings (SSSR count). The Bertz CT molecular complexity index is 500. The first-order valence-electron chi connectivity index (χ1n) is 8.20. The van der Waals surface area contributed by atoms with Gasteiger partial charge in [-0.05, 0) is 18.8 Å². The molecule has 154 valence electrons. The second-order valence-corrected chi connectivity index (χ2v) is 14.9. The van der Waals surface area contributed by atoms with Gasteiger partial charge in [-0.25, -0.2) is 0 Å². The van der Waals surface area contributed by atoms with Crippen molar-refractivity contribution in [3.05, 3.63) is 0 Å². The van der Waals surface area contributed by atoms with Gasteiger partial charge in [0.2, 0.25) is 5.55 Å². The quantitative estimate of drug-likeness (QED) is 0.339. The van der Waals surface area contributed by atoms with E-state index in [4.69, 9.17) is 0 Å². The summed E-state index contributed by atoms with van der Waals surface area (Å²) in [5.74, 6) is -1.80. The number of halogens is 3. The maximum atomic E-state index is 13.2. The standard InChI is InChI=1S/C15H27F3NO4PS2/c1-6-23-13(20)7-19(14(21)15(16,17)18)10-24(22,25-8-11(2)3)26-9-12(4)5/h11-12H,6-10H2,1-5H3. The van der Waals surface area contributed by atoms with Crippen molar-refractivity contribution in [1.29, 1.82) is 0 Å². The number of ether oxygens (including phenoxy) is 1. The summed E-state index contributed by atoms with van der Waals surface area (Å²) in [6, 6.07) is 0. The molecule has 0 saturated heterocycles. The predicted octanol–water partition coefficient (Wildman–Crippen LogP) is 4.87. The molecule has 0 aliphatic heterocycles. The maximum absolute atomic E-state index is 13.2. The Labute approximate surface area is 161 Å². The molecule has 0 bridgehead atoms. The van der Waals surface area contributed by atoms with Crippen molar-refractivity contribution in [2.24, 2.45) is 11.8 Å². The number of amides is 1. The lowest BCUT2D eigenvalue weighted by molar-refractivity contribution is -0.186. The van der Waals surface area contributed by atoms with Crippen molar-refractivity contribution in [2.75, 3.05) is 30.9 Å². The number of hydrogen-bond donors (Lipinski definition) is 0. The molecule has 0 N–H and O–H groups in total. The molecule has 1 amide bonds. The molecule has 0 heterocycles. The molecule has 0 aromatic rings. The molecule has 5 nitrogen and oxygen atoms in total. The number of carbonyl (C=O) groups is 2. The molecule has 26 heavy (non-hydrogen) atoms. The normalized spacial score (nSPS) is 12.5. The van der Waals surface area contributed by atoms with Gasteiger partial charge in [0.25, 0.3) is 0 Å². The van der Waals surface area contributed by atoms with E-state index in [1.807, 2.05) is 27.7 Å². The minimum atomic E-state index is -5.15. The van der Waals surface area contributed by atoms with Crippen LogP contribution in [0.4, 0.5) is 13.2 Å². The van der Waals surface area contributed by atoms with Crippen molar-refractivity contribution in [2.45, 2.75) is 40.8 Å². The summed E-state index contributed by atoms with van der Waals surface area (Å²) in [5.41, 5.74) is -3.25. The molecule has 0 unspecified atom stereocenters. The first-order chi connectivity index (χ1) is 11.8. The summed E-state index contributed by atoms with van der Waals surface area (Å²) in [7, 11) is 0. The van der Waals surface area contributed by atoms with E-state index in [9.17, 15) is 27.3 Å². The highest BCUT2D eigenvalue weighted by atomic mass is 33.1. The lowest BCUT2D eigenvalue weighted by atomic mass is 10.3. The van der Waals surface area contributed by atoms with Gasteiger partial charge in [0.1, 0.15) is 6.54 Å². The number of carbonyl (C=O) groups excluding carboxylic acids is 2. The fraction of sp³-hybridized carbons (Fsp3) is 0.867. The zero-order chi connectivity index (χ0) is 20.5. The molecule has 0 aliphatic carbocycles. The Morgan fingerprint density at radius 3 is 1.88 bits per heavy atom. The Balaban J connectivity index is 5.45. The number of nitrogens with zero attached hydrogens (tertiary/aromatic N) is 1. The number of alkyl halides is 3. The highest BCUT2D eigenvalue weighted by Crippen LogP contribution is 2.69. The van der Waals surface area contributed by atoms with Gasteiger partial charge in [-0.1, -0.05) is 50.5 Å². The van der Waals surface area contributed by atoms with Crippen LogP contribution < -0.4 is 0 Å². The second kappa shape index (κ2) is 11.5. The first kappa shape index (κ1) is 25.7. The van der Waals surface area contributed by atoms with Gasteiger partial charge in [-0.15, -0.1) is 0 Å². The Morgan fingerprint density at radius 2 is 1.54 bits per heavy atom. The summed E-state index contributed by atoms with van der Waals surface area (Å²) in [4.78, 5) is 23.6. The van der Waals surface area contributed by atoms with Crippen molar-refractivity contribution in [1.82, 2.24) is 4.90 Å². The summed E-state index contributed by atoms with van der Waals surface area (Å²) >= 11 is 2.15. The minimum Gasteiger partial charge on any atom is -0.465 e. The summed E-state index contributed by atoms with van der Waals surface area (Å²) in [6.45, 7) is 8.23. The second-order valence-electron chi connectivity index (χ2n) is 6.44. The molecule has 0 fully saturated rings. The Hall–Kier alpha value is -0.340. The van der Waals surface area contributed by atoms with Crippen molar-refractivity contribution in [3.8, 4) is 0 Å². The molecule has 0 radical (unpaired) electrons. The van der Waals surface area contributed by atoms with E-state index in [0.717, 1.165) is 22.8 Å². The highest BCUT2D eigenvalue weighted by molar-refractivity contribution is 8.90. The smallest absolute Gasteiger partial charge is 0.465 e. The van der Waals surface area contributed by atoms with E-state index in [1.165, 1.54) is 6.92 Å². The van der Waals surface area contributed by atoms with Crippen LogP contribution in [0.1, 0.15) is 34.6 Å². The van der Waals surface area contributed by atoms with Crippen LogP contribution in [-0.2, 0) is 18.9 Å². The number of hydrogen-bond acceptors (Lipinski definition) is 6. The van der Waals surface area contributed by atoms with Gasteiger partial charge in [-0.3, -0.25) is 14.2 Å². The summed E-state index contributed by atoms with van der Waals surface area (Å²) in [6.07, 6.45) is -5.78. The maximum Gasteiger partial charge on any atom is 0.471 e. The van der Waals surface area contributed by atoms with E-state index in [0.29, 0.717) is 16.4 Å². The summed E-state index contributed by atoms with van der Waals surface area (Å²) in [5, 5.41) is 0. The van der Waals surface area contributed by atoms with Gasteiger partial charge < -0.3 is 9.64 Å². The van der Waals surface area contributed by atoms with E-state index < -0.39 is 36.4 Å². The van der Waals surface area contributed by atoms with Gasteiger partial charge >= 0.3 is 18.1 Å². The highest BCUT2D eigenvalue weighted by Gasteiger charge is 2.45. The molecule has 0 atom stereocenters. The van der Waals surface area contributed by atoms with Crippen molar-refractivity contribution >= 4 is 40.2 Å². The predicted molar refractivity (Wildman–Crippen MR) is 101 cm³/mol. The van der Waals surface area contributed by atoms with E-state index in [1.54, 1.807) is 0 Å².